The van der Waals surface area contributed by atoms with Crippen molar-refractivity contribution in [3.05, 3.63) is 0 Å². The third-order valence-corrected chi connectivity index (χ3v) is 2.90. The van der Waals surface area contributed by atoms with Crippen LogP contribution in [0.4, 0.5) is 0 Å². The molecule has 0 aromatic heterocycles. The molecule has 0 saturated carbocycles. The summed E-state index contributed by atoms with van der Waals surface area (Å²) in [5, 5.41) is 2.65. The van der Waals surface area contributed by atoms with Crippen LogP contribution in [0.1, 0.15) is 26.7 Å². The van der Waals surface area contributed by atoms with Crippen LogP contribution in [0.15, 0.2) is 0 Å². The number of nitrogens with one attached hydrogen (secondary N) is 1. The van der Waals surface area contributed by atoms with Crippen molar-refractivity contribution in [2.75, 3.05) is 6.61 Å². The van der Waals surface area contributed by atoms with Gasteiger partial charge in [-0.3, -0.25) is 9.59 Å². The highest BCUT2D eigenvalue weighted by Gasteiger charge is 2.34. The molecule has 15 heavy (non-hydrogen) atoms. The second-order valence-electron chi connectivity index (χ2n) is 3.67. The van der Waals surface area contributed by atoms with E-state index in [-0.39, 0.29) is 30.4 Å². The first-order valence-corrected chi connectivity index (χ1v) is 5.43. The highest BCUT2D eigenvalue weighted by molar-refractivity contribution is 7.80. The topological polar surface area (TPSA) is 55.4 Å². The Morgan fingerprint density at radius 2 is 2.33 bits per heavy atom. The van der Waals surface area contributed by atoms with Gasteiger partial charge in [0.2, 0.25) is 5.91 Å². The number of amides is 1. The lowest BCUT2D eigenvalue weighted by Crippen LogP contribution is -2.54. The van der Waals surface area contributed by atoms with Gasteiger partial charge < -0.3 is 10.1 Å². The average Bonchev–Trinajstić information content (AvgIpc) is 2.19. The van der Waals surface area contributed by atoms with Crippen molar-refractivity contribution in [2.45, 2.75) is 32.7 Å². The van der Waals surface area contributed by atoms with E-state index < -0.39 is 0 Å². The van der Waals surface area contributed by atoms with Crippen LogP contribution < -0.4 is 5.32 Å². The van der Waals surface area contributed by atoms with Crippen molar-refractivity contribution in [1.29, 1.82) is 0 Å². The SMILES string of the molecule is CCC(=S)COC(=O)C(C)C1CC(=O)N1. The Morgan fingerprint density at radius 3 is 2.80 bits per heavy atom. The summed E-state index contributed by atoms with van der Waals surface area (Å²) in [6.45, 7) is 3.88. The Hall–Kier alpha value is -0.970. The summed E-state index contributed by atoms with van der Waals surface area (Å²) in [5.74, 6) is -0.595. The van der Waals surface area contributed by atoms with Crippen LogP contribution in [0.5, 0.6) is 0 Å². The van der Waals surface area contributed by atoms with Gasteiger partial charge in [0.05, 0.1) is 12.0 Å². The summed E-state index contributed by atoms with van der Waals surface area (Å²) in [7, 11) is 0. The quantitative estimate of drug-likeness (QED) is 0.431. The zero-order valence-corrected chi connectivity index (χ0v) is 9.73. The summed E-state index contributed by atoms with van der Waals surface area (Å²) in [4.78, 5) is 22.9. The highest BCUT2D eigenvalue weighted by Crippen LogP contribution is 2.16. The van der Waals surface area contributed by atoms with Crippen LogP contribution in [0.3, 0.4) is 0 Å². The molecule has 1 heterocycles. The molecule has 84 valence electrons. The van der Waals surface area contributed by atoms with E-state index in [1.165, 1.54) is 0 Å². The lowest BCUT2D eigenvalue weighted by molar-refractivity contribution is -0.149. The van der Waals surface area contributed by atoms with Crippen molar-refractivity contribution < 1.29 is 14.3 Å². The molecular weight excluding hydrogens is 214 g/mol. The van der Waals surface area contributed by atoms with E-state index in [1.54, 1.807) is 6.92 Å². The molecule has 0 radical (unpaired) electrons. The van der Waals surface area contributed by atoms with Gasteiger partial charge in [0, 0.05) is 11.3 Å². The Morgan fingerprint density at radius 1 is 1.73 bits per heavy atom. The molecule has 0 bridgehead atoms. The van der Waals surface area contributed by atoms with Gasteiger partial charge in [-0.25, -0.2) is 0 Å². The minimum Gasteiger partial charge on any atom is -0.460 e. The largest absolute Gasteiger partial charge is 0.460 e. The minimum absolute atomic E-state index is 0.0104. The molecule has 2 unspecified atom stereocenters. The molecule has 1 aliphatic rings. The molecule has 2 atom stereocenters. The van der Waals surface area contributed by atoms with Gasteiger partial charge in [-0.15, -0.1) is 0 Å². The molecule has 0 spiro atoms. The van der Waals surface area contributed by atoms with E-state index >= 15 is 0 Å². The molecular formula is C10H15NO3S. The minimum atomic E-state index is -0.296. The first-order valence-electron chi connectivity index (χ1n) is 5.02. The van der Waals surface area contributed by atoms with Gasteiger partial charge in [-0.05, 0) is 13.3 Å². The number of hydrogen-bond acceptors (Lipinski definition) is 4. The van der Waals surface area contributed by atoms with Crippen LogP contribution in [0.25, 0.3) is 0 Å². The lowest BCUT2D eigenvalue weighted by atomic mass is 9.93. The Kier molecular flexibility index (Phi) is 4.20. The molecule has 0 aromatic rings. The zero-order valence-electron chi connectivity index (χ0n) is 8.91. The fourth-order valence-electron chi connectivity index (χ4n) is 1.24. The standard InChI is InChI=1S/C10H15NO3S/c1-3-7(15)5-14-10(13)6(2)8-4-9(12)11-8/h6,8H,3-5H2,1-2H3,(H,11,12). The molecule has 0 aromatic carbocycles. The van der Waals surface area contributed by atoms with E-state index in [9.17, 15) is 9.59 Å². The number of thiocarbonyl (C=S) groups is 1. The van der Waals surface area contributed by atoms with Gasteiger partial charge in [0.25, 0.3) is 0 Å². The molecule has 1 aliphatic heterocycles. The maximum atomic E-state index is 11.5. The summed E-state index contributed by atoms with van der Waals surface area (Å²) < 4.78 is 5.02. The Balaban J connectivity index is 2.27. The Labute approximate surface area is 94.4 Å². The molecule has 1 amide bonds. The van der Waals surface area contributed by atoms with Crippen LogP contribution in [-0.4, -0.2) is 29.4 Å². The van der Waals surface area contributed by atoms with Gasteiger partial charge in [0.1, 0.15) is 6.61 Å². The first kappa shape index (κ1) is 12.1. The number of esters is 1. The van der Waals surface area contributed by atoms with Crippen LogP contribution in [-0.2, 0) is 14.3 Å². The maximum absolute atomic E-state index is 11.5. The van der Waals surface area contributed by atoms with Gasteiger partial charge in [-0.2, -0.15) is 0 Å². The lowest BCUT2D eigenvalue weighted by Gasteiger charge is -2.30. The van der Waals surface area contributed by atoms with E-state index in [0.717, 1.165) is 11.3 Å². The highest BCUT2D eigenvalue weighted by atomic mass is 32.1. The van der Waals surface area contributed by atoms with Crippen LogP contribution >= 0.6 is 12.2 Å². The molecule has 1 fully saturated rings. The van der Waals surface area contributed by atoms with Crippen molar-refractivity contribution in [3.63, 3.8) is 0 Å². The number of rotatable bonds is 5. The first-order chi connectivity index (χ1) is 7.04. The van der Waals surface area contributed by atoms with E-state index in [4.69, 9.17) is 17.0 Å². The van der Waals surface area contributed by atoms with E-state index in [0.29, 0.717) is 6.42 Å². The van der Waals surface area contributed by atoms with E-state index in [2.05, 4.69) is 5.32 Å². The maximum Gasteiger partial charge on any atom is 0.311 e. The van der Waals surface area contributed by atoms with Gasteiger partial charge in [0.15, 0.2) is 0 Å². The molecule has 1 N–H and O–H groups in total. The number of ether oxygens (including phenoxy) is 1. The number of hydrogen-bond donors (Lipinski definition) is 1. The number of carbonyl (C=O) groups is 2. The fourth-order valence-corrected chi connectivity index (χ4v) is 1.30. The monoisotopic (exact) mass is 229 g/mol. The second kappa shape index (κ2) is 5.21. The predicted octanol–water partition coefficient (Wildman–Crippen LogP) is 0.834. The number of β-lactam (4-membered cyclic amide) rings is 1. The second-order valence-corrected chi connectivity index (χ2v) is 4.24. The number of carbonyl (C=O) groups excluding carboxylic acids is 2. The average molecular weight is 229 g/mol. The summed E-state index contributed by atoms with van der Waals surface area (Å²) >= 11 is 4.94. The molecule has 0 aliphatic carbocycles. The molecule has 4 nitrogen and oxygen atoms in total. The van der Waals surface area contributed by atoms with Gasteiger partial charge in [-0.1, -0.05) is 19.1 Å². The fraction of sp³-hybridized carbons (Fsp3) is 0.700. The van der Waals surface area contributed by atoms with Gasteiger partial charge >= 0.3 is 5.97 Å². The molecule has 1 saturated heterocycles. The van der Waals surface area contributed by atoms with Crippen LogP contribution in [0.2, 0.25) is 0 Å². The smallest absolute Gasteiger partial charge is 0.311 e. The van der Waals surface area contributed by atoms with Crippen molar-refractivity contribution in [3.8, 4) is 0 Å². The summed E-state index contributed by atoms with van der Waals surface area (Å²) in [6, 6.07) is -0.0693. The predicted molar refractivity (Wildman–Crippen MR) is 59.6 cm³/mol. The Bertz CT molecular complexity index is 282. The van der Waals surface area contributed by atoms with Crippen LogP contribution in [0, 0.1) is 5.92 Å². The van der Waals surface area contributed by atoms with Crippen molar-refractivity contribution in [2.24, 2.45) is 5.92 Å². The van der Waals surface area contributed by atoms with Crippen molar-refractivity contribution in [1.82, 2.24) is 5.32 Å². The van der Waals surface area contributed by atoms with E-state index in [1.807, 2.05) is 6.92 Å². The third kappa shape index (κ3) is 3.27. The normalized spacial score (nSPS) is 21.2. The summed E-state index contributed by atoms with van der Waals surface area (Å²) in [6.07, 6.45) is 1.14. The zero-order chi connectivity index (χ0) is 11.4. The van der Waals surface area contributed by atoms with Crippen molar-refractivity contribution >= 4 is 29.0 Å². The third-order valence-electron chi connectivity index (χ3n) is 2.50. The molecule has 1 rings (SSSR count). The summed E-state index contributed by atoms with van der Waals surface area (Å²) in [5.41, 5.74) is 0. The molecule has 5 heteroatoms.